The third kappa shape index (κ3) is 6.49. The zero-order valence-electron chi connectivity index (χ0n) is 14.3. The second-order valence-corrected chi connectivity index (χ2v) is 6.08. The molecule has 5 nitrogen and oxygen atoms in total. The van der Waals surface area contributed by atoms with Gasteiger partial charge in [0.1, 0.15) is 0 Å². The molecule has 0 radical (unpaired) electrons. The largest absolute Gasteiger partial charge is 0.417 e. The minimum Gasteiger partial charge on any atom is -0.385 e. The van der Waals surface area contributed by atoms with E-state index in [-0.39, 0.29) is 35.5 Å². The molecule has 0 heterocycles. The van der Waals surface area contributed by atoms with E-state index in [0.717, 1.165) is 12.1 Å². The van der Waals surface area contributed by atoms with Crippen molar-refractivity contribution < 1.29 is 22.8 Å². The fourth-order valence-corrected chi connectivity index (χ4v) is 2.46. The normalized spacial score (nSPS) is 11.0. The highest BCUT2D eigenvalue weighted by molar-refractivity contribution is 6.31. The number of hydrogen-bond donors (Lipinski definition) is 3. The second kappa shape index (κ2) is 8.77. The summed E-state index contributed by atoms with van der Waals surface area (Å²) in [4.78, 5) is 22.9. The van der Waals surface area contributed by atoms with Crippen molar-refractivity contribution in [2.24, 2.45) is 0 Å². The van der Waals surface area contributed by atoms with Crippen molar-refractivity contribution in [2.45, 2.75) is 19.5 Å². The van der Waals surface area contributed by atoms with Crippen molar-refractivity contribution in [1.82, 2.24) is 0 Å². The predicted octanol–water partition coefficient (Wildman–Crippen LogP) is 4.76. The summed E-state index contributed by atoms with van der Waals surface area (Å²) >= 11 is 5.56. The van der Waals surface area contributed by atoms with Crippen LogP contribution in [0.1, 0.15) is 18.9 Å². The van der Waals surface area contributed by atoms with Gasteiger partial charge in [0.25, 0.3) is 0 Å². The summed E-state index contributed by atoms with van der Waals surface area (Å²) in [6.45, 7) is 1.54. The smallest absolute Gasteiger partial charge is 0.385 e. The SMILES string of the molecule is CC(=O)Nc1ccc(NC(=O)CCNc2ccc(Cl)c(C(F)(F)F)c2)cc1. The van der Waals surface area contributed by atoms with E-state index in [9.17, 15) is 22.8 Å². The number of carbonyl (C=O) groups excluding carboxylic acids is 2. The molecule has 0 atom stereocenters. The summed E-state index contributed by atoms with van der Waals surface area (Å²) in [5, 5.41) is 7.65. The molecule has 0 saturated heterocycles. The summed E-state index contributed by atoms with van der Waals surface area (Å²) < 4.78 is 38.5. The number of alkyl halides is 3. The van der Waals surface area contributed by atoms with E-state index in [1.807, 2.05) is 0 Å². The van der Waals surface area contributed by atoms with E-state index in [4.69, 9.17) is 11.6 Å². The number of nitrogens with one attached hydrogen (secondary N) is 3. The first-order valence-corrected chi connectivity index (χ1v) is 8.31. The third-order valence-corrected chi connectivity index (χ3v) is 3.77. The van der Waals surface area contributed by atoms with Gasteiger partial charge in [-0.05, 0) is 42.5 Å². The van der Waals surface area contributed by atoms with Crippen molar-refractivity contribution in [2.75, 3.05) is 22.5 Å². The van der Waals surface area contributed by atoms with Gasteiger partial charge in [0.2, 0.25) is 11.8 Å². The minimum absolute atomic E-state index is 0.0530. The summed E-state index contributed by atoms with van der Waals surface area (Å²) in [5.41, 5.74) is 0.433. The highest BCUT2D eigenvalue weighted by atomic mass is 35.5. The van der Waals surface area contributed by atoms with Crippen LogP contribution in [0.3, 0.4) is 0 Å². The summed E-state index contributed by atoms with van der Waals surface area (Å²) in [7, 11) is 0. The van der Waals surface area contributed by atoms with Gasteiger partial charge in [0, 0.05) is 37.0 Å². The van der Waals surface area contributed by atoms with Gasteiger partial charge in [-0.15, -0.1) is 0 Å². The number of carbonyl (C=O) groups is 2. The minimum atomic E-state index is -4.55. The van der Waals surface area contributed by atoms with Crippen LogP contribution >= 0.6 is 11.6 Å². The molecule has 0 aliphatic carbocycles. The molecule has 144 valence electrons. The number of halogens is 4. The van der Waals surface area contributed by atoms with Gasteiger partial charge in [0.15, 0.2) is 0 Å². The molecule has 0 aliphatic heterocycles. The van der Waals surface area contributed by atoms with Gasteiger partial charge >= 0.3 is 6.18 Å². The van der Waals surface area contributed by atoms with Crippen LogP contribution in [0, 0.1) is 0 Å². The molecule has 2 amide bonds. The number of rotatable bonds is 6. The monoisotopic (exact) mass is 399 g/mol. The van der Waals surface area contributed by atoms with Crippen molar-refractivity contribution >= 4 is 40.5 Å². The molecule has 0 aromatic heterocycles. The maximum absolute atomic E-state index is 12.8. The molecule has 2 aromatic carbocycles. The number of amides is 2. The maximum Gasteiger partial charge on any atom is 0.417 e. The lowest BCUT2D eigenvalue weighted by Gasteiger charge is -2.12. The molecule has 0 fully saturated rings. The van der Waals surface area contributed by atoms with E-state index in [2.05, 4.69) is 16.0 Å². The zero-order chi connectivity index (χ0) is 20.0. The van der Waals surface area contributed by atoms with Gasteiger partial charge in [-0.2, -0.15) is 13.2 Å². The van der Waals surface area contributed by atoms with Crippen LogP contribution in [0.2, 0.25) is 5.02 Å². The van der Waals surface area contributed by atoms with E-state index in [1.54, 1.807) is 24.3 Å². The number of hydrogen-bond acceptors (Lipinski definition) is 3. The second-order valence-electron chi connectivity index (χ2n) is 5.68. The standard InChI is InChI=1S/C18H17ClF3N3O2/c1-11(26)24-12-2-4-13(5-3-12)25-17(27)8-9-23-14-6-7-16(19)15(10-14)18(20,21)22/h2-7,10,23H,8-9H2,1H3,(H,24,26)(H,25,27). The van der Waals surface area contributed by atoms with Crippen molar-refractivity contribution in [3.63, 3.8) is 0 Å². The lowest BCUT2D eigenvalue weighted by Crippen LogP contribution is -2.16. The van der Waals surface area contributed by atoms with Gasteiger partial charge in [-0.25, -0.2) is 0 Å². The maximum atomic E-state index is 12.8. The third-order valence-electron chi connectivity index (χ3n) is 3.44. The Balaban J connectivity index is 1.85. The van der Waals surface area contributed by atoms with Gasteiger partial charge in [-0.3, -0.25) is 9.59 Å². The Morgan fingerprint density at radius 1 is 0.963 bits per heavy atom. The van der Waals surface area contributed by atoms with E-state index >= 15 is 0 Å². The Kier molecular flexibility index (Phi) is 6.68. The fourth-order valence-electron chi connectivity index (χ4n) is 2.24. The quantitative estimate of drug-likeness (QED) is 0.656. The Bertz CT molecular complexity index is 824. The summed E-state index contributed by atoms with van der Waals surface area (Å²) in [6.07, 6.45) is -4.49. The first-order chi connectivity index (χ1) is 12.6. The summed E-state index contributed by atoms with van der Waals surface area (Å²) in [6, 6.07) is 10.0. The molecule has 2 aromatic rings. The van der Waals surface area contributed by atoms with Crippen LogP contribution in [0.15, 0.2) is 42.5 Å². The average Bonchev–Trinajstić information content (AvgIpc) is 2.56. The Morgan fingerprint density at radius 3 is 2.07 bits per heavy atom. The van der Waals surface area contributed by atoms with Gasteiger partial charge in [-0.1, -0.05) is 11.6 Å². The van der Waals surface area contributed by atoms with E-state index in [1.165, 1.54) is 13.0 Å². The van der Waals surface area contributed by atoms with Crippen molar-refractivity contribution in [3.05, 3.63) is 53.1 Å². The van der Waals surface area contributed by atoms with E-state index in [0.29, 0.717) is 11.4 Å². The van der Waals surface area contributed by atoms with Crippen LogP contribution in [0.5, 0.6) is 0 Å². The highest BCUT2D eigenvalue weighted by Gasteiger charge is 2.33. The zero-order valence-corrected chi connectivity index (χ0v) is 15.0. The molecule has 2 rings (SSSR count). The van der Waals surface area contributed by atoms with Crippen LogP contribution < -0.4 is 16.0 Å². The Hall–Kier alpha value is -2.74. The molecule has 3 N–H and O–H groups in total. The van der Waals surface area contributed by atoms with Gasteiger partial charge in [0.05, 0.1) is 10.6 Å². The number of benzene rings is 2. The van der Waals surface area contributed by atoms with Crippen LogP contribution in [-0.4, -0.2) is 18.4 Å². The first-order valence-electron chi connectivity index (χ1n) is 7.93. The molecule has 0 aliphatic rings. The van der Waals surface area contributed by atoms with Crippen LogP contribution in [0.25, 0.3) is 0 Å². The molecule has 0 spiro atoms. The molecule has 27 heavy (non-hydrogen) atoms. The Morgan fingerprint density at radius 2 is 1.52 bits per heavy atom. The topological polar surface area (TPSA) is 70.2 Å². The fraction of sp³-hybridized carbons (Fsp3) is 0.222. The summed E-state index contributed by atoms with van der Waals surface area (Å²) in [5.74, 6) is -0.506. The Labute approximate surface area is 158 Å². The molecular weight excluding hydrogens is 383 g/mol. The van der Waals surface area contributed by atoms with Crippen LogP contribution in [-0.2, 0) is 15.8 Å². The lowest BCUT2D eigenvalue weighted by atomic mass is 10.2. The van der Waals surface area contributed by atoms with Gasteiger partial charge < -0.3 is 16.0 Å². The molecule has 0 saturated carbocycles. The average molecular weight is 400 g/mol. The van der Waals surface area contributed by atoms with Crippen molar-refractivity contribution in [3.8, 4) is 0 Å². The molecule has 0 bridgehead atoms. The molecular formula is C18H17ClF3N3O2. The van der Waals surface area contributed by atoms with Crippen molar-refractivity contribution in [1.29, 1.82) is 0 Å². The van der Waals surface area contributed by atoms with Crippen LogP contribution in [0.4, 0.5) is 30.2 Å². The first kappa shape index (κ1) is 20.6. The van der Waals surface area contributed by atoms with E-state index < -0.39 is 11.7 Å². The molecule has 9 heteroatoms. The predicted molar refractivity (Wildman–Crippen MR) is 98.9 cm³/mol. The number of anilines is 3. The lowest BCUT2D eigenvalue weighted by molar-refractivity contribution is -0.137. The molecule has 0 unspecified atom stereocenters. The highest BCUT2D eigenvalue weighted by Crippen LogP contribution is 2.36.